The van der Waals surface area contributed by atoms with Gasteiger partial charge in [-0.15, -0.1) is 23.1 Å². The Hall–Kier alpha value is -4.43. The first-order chi connectivity index (χ1) is 21.8. The molecule has 0 spiro atoms. The number of nitrogens with zero attached hydrogens (tertiary/aromatic N) is 2. The molecule has 1 unspecified atom stereocenters. The molecule has 46 heavy (non-hydrogen) atoms. The number of benzene rings is 2. The summed E-state index contributed by atoms with van der Waals surface area (Å²) in [6.45, 7) is 9.78. The minimum atomic E-state index is -0.646. The molecule has 1 atom stereocenters. The van der Waals surface area contributed by atoms with Crippen molar-refractivity contribution in [2.24, 2.45) is 0 Å². The molecule has 1 aromatic heterocycles. The summed E-state index contributed by atoms with van der Waals surface area (Å²) in [6.07, 6.45) is 0.449. The van der Waals surface area contributed by atoms with Crippen LogP contribution in [0.4, 0.5) is 21.2 Å². The molecule has 4 rings (SSSR count). The minimum absolute atomic E-state index is 0.112. The number of non-ortho nitro benzene ring substituents is 1. The van der Waals surface area contributed by atoms with E-state index in [1.807, 2.05) is 13.0 Å². The molecule has 0 aliphatic carbocycles. The van der Waals surface area contributed by atoms with Crippen molar-refractivity contribution in [3.63, 3.8) is 0 Å². The Bertz CT molecular complexity index is 1630. The fourth-order valence-corrected chi connectivity index (χ4v) is 6.92. The summed E-state index contributed by atoms with van der Waals surface area (Å²) in [6, 6.07) is 12.3. The van der Waals surface area contributed by atoms with E-state index in [4.69, 9.17) is 9.47 Å². The van der Waals surface area contributed by atoms with E-state index in [9.17, 15) is 29.3 Å². The number of fused-ring (bicyclic) bond motifs is 1. The zero-order chi connectivity index (χ0) is 33.6. The predicted molar refractivity (Wildman–Crippen MR) is 177 cm³/mol. The number of nitrogens with one attached hydrogen (secondary N) is 2. The Kier molecular flexibility index (Phi) is 11.1. The van der Waals surface area contributed by atoms with Crippen molar-refractivity contribution < 1.29 is 33.6 Å². The van der Waals surface area contributed by atoms with Crippen molar-refractivity contribution in [2.75, 3.05) is 23.8 Å². The second-order valence-corrected chi connectivity index (χ2v) is 13.8. The number of nitro groups is 1. The van der Waals surface area contributed by atoms with Crippen LogP contribution in [0.25, 0.3) is 0 Å². The van der Waals surface area contributed by atoms with Crippen LogP contribution in [0.2, 0.25) is 0 Å². The SMILES string of the molecule is CCOC(=O)c1c(NC(=O)C(CC)Sc2cccc(NC(=O)c3ccc([N+](=O)[O-])cc3)c2)sc2c1CCN(C(=O)OC(C)(C)C)C2. The quantitative estimate of drug-likeness (QED) is 0.102. The van der Waals surface area contributed by atoms with Gasteiger partial charge in [0.25, 0.3) is 11.6 Å². The molecule has 2 aromatic carbocycles. The highest BCUT2D eigenvalue weighted by molar-refractivity contribution is 8.00. The number of hydrogen-bond acceptors (Lipinski definition) is 10. The van der Waals surface area contributed by atoms with Crippen molar-refractivity contribution >= 4 is 63.4 Å². The third kappa shape index (κ3) is 8.63. The van der Waals surface area contributed by atoms with Gasteiger partial charge in [0.15, 0.2) is 0 Å². The number of hydrogen-bond donors (Lipinski definition) is 2. The van der Waals surface area contributed by atoms with Crippen molar-refractivity contribution in [3.8, 4) is 0 Å². The monoisotopic (exact) mass is 668 g/mol. The summed E-state index contributed by atoms with van der Waals surface area (Å²) >= 11 is 2.56. The molecule has 0 radical (unpaired) electrons. The van der Waals surface area contributed by atoms with Crippen LogP contribution in [0.5, 0.6) is 0 Å². The number of anilines is 2. The number of nitro benzene ring substituents is 1. The van der Waals surface area contributed by atoms with Gasteiger partial charge in [-0.3, -0.25) is 19.7 Å². The summed E-state index contributed by atoms with van der Waals surface area (Å²) in [5.41, 5.74) is 1.07. The van der Waals surface area contributed by atoms with Gasteiger partial charge in [-0.2, -0.15) is 0 Å². The molecule has 2 heterocycles. The Labute approximate surface area is 275 Å². The van der Waals surface area contributed by atoms with Crippen LogP contribution in [0.15, 0.2) is 53.4 Å². The summed E-state index contributed by atoms with van der Waals surface area (Å²) in [7, 11) is 0. The van der Waals surface area contributed by atoms with Crippen LogP contribution < -0.4 is 10.6 Å². The zero-order valence-electron chi connectivity index (χ0n) is 26.2. The molecule has 1 aliphatic heterocycles. The van der Waals surface area contributed by atoms with Gasteiger partial charge < -0.3 is 25.0 Å². The maximum absolute atomic E-state index is 13.6. The fourth-order valence-electron chi connectivity index (χ4n) is 4.66. The largest absolute Gasteiger partial charge is 0.462 e. The van der Waals surface area contributed by atoms with Gasteiger partial charge in [0.1, 0.15) is 10.6 Å². The number of amides is 3. The lowest BCUT2D eigenvalue weighted by molar-refractivity contribution is -0.384. The average Bonchev–Trinajstić information content (AvgIpc) is 3.36. The van der Waals surface area contributed by atoms with E-state index in [2.05, 4.69) is 10.6 Å². The van der Waals surface area contributed by atoms with Crippen molar-refractivity contribution in [3.05, 3.63) is 80.2 Å². The molecule has 1 aliphatic rings. The molecular formula is C32H36N4O8S2. The maximum atomic E-state index is 13.6. The fraction of sp³-hybridized carbons (Fsp3) is 0.375. The minimum Gasteiger partial charge on any atom is -0.462 e. The van der Waals surface area contributed by atoms with E-state index in [1.165, 1.54) is 47.4 Å². The Balaban J connectivity index is 1.48. The number of carbonyl (C=O) groups is 4. The number of rotatable bonds is 10. The van der Waals surface area contributed by atoms with E-state index in [1.54, 1.807) is 50.8 Å². The van der Waals surface area contributed by atoms with E-state index in [0.717, 1.165) is 15.3 Å². The van der Waals surface area contributed by atoms with E-state index in [-0.39, 0.29) is 30.3 Å². The Morgan fingerprint density at radius 2 is 1.80 bits per heavy atom. The maximum Gasteiger partial charge on any atom is 0.410 e. The topological polar surface area (TPSA) is 157 Å². The third-order valence-electron chi connectivity index (χ3n) is 6.80. The first-order valence-electron chi connectivity index (χ1n) is 14.7. The lowest BCUT2D eigenvalue weighted by Crippen LogP contribution is -2.39. The van der Waals surface area contributed by atoms with Gasteiger partial charge >= 0.3 is 12.1 Å². The van der Waals surface area contributed by atoms with E-state index < -0.39 is 33.7 Å². The van der Waals surface area contributed by atoms with Crippen LogP contribution in [0, 0.1) is 10.1 Å². The molecule has 244 valence electrons. The van der Waals surface area contributed by atoms with Gasteiger partial charge in [-0.25, -0.2) is 9.59 Å². The number of carbonyl (C=O) groups excluding carboxylic acids is 4. The highest BCUT2D eigenvalue weighted by Gasteiger charge is 2.33. The van der Waals surface area contributed by atoms with Crippen molar-refractivity contribution in [1.82, 2.24) is 4.90 Å². The Morgan fingerprint density at radius 3 is 2.43 bits per heavy atom. The second-order valence-electron chi connectivity index (χ2n) is 11.4. The average molecular weight is 669 g/mol. The Morgan fingerprint density at radius 1 is 1.09 bits per heavy atom. The van der Waals surface area contributed by atoms with Gasteiger partial charge in [-0.05, 0) is 76.4 Å². The predicted octanol–water partition coefficient (Wildman–Crippen LogP) is 6.89. The van der Waals surface area contributed by atoms with Crippen molar-refractivity contribution in [2.45, 2.75) is 69.8 Å². The van der Waals surface area contributed by atoms with Gasteiger partial charge in [-0.1, -0.05) is 13.0 Å². The molecule has 0 bridgehead atoms. The van der Waals surface area contributed by atoms with Crippen LogP contribution in [-0.4, -0.2) is 57.7 Å². The molecule has 12 nitrogen and oxygen atoms in total. The highest BCUT2D eigenvalue weighted by atomic mass is 32.2. The van der Waals surface area contributed by atoms with Gasteiger partial charge in [0.2, 0.25) is 5.91 Å². The molecule has 2 N–H and O–H groups in total. The molecule has 14 heteroatoms. The normalized spacial score (nSPS) is 13.3. The highest BCUT2D eigenvalue weighted by Crippen LogP contribution is 2.39. The van der Waals surface area contributed by atoms with Crippen LogP contribution in [-0.2, 0) is 27.2 Å². The van der Waals surface area contributed by atoms with Crippen LogP contribution >= 0.6 is 23.1 Å². The molecule has 0 saturated heterocycles. The zero-order valence-corrected chi connectivity index (χ0v) is 27.8. The molecule has 3 aromatic rings. The second kappa shape index (κ2) is 14.8. The smallest absolute Gasteiger partial charge is 0.410 e. The summed E-state index contributed by atoms with van der Waals surface area (Å²) in [4.78, 5) is 65.5. The molecule has 0 saturated carbocycles. The van der Waals surface area contributed by atoms with Gasteiger partial charge in [0.05, 0.1) is 28.9 Å². The van der Waals surface area contributed by atoms with Gasteiger partial charge in [0, 0.05) is 39.7 Å². The number of thiophene rings is 1. The first-order valence-corrected chi connectivity index (χ1v) is 16.4. The van der Waals surface area contributed by atoms with E-state index in [0.29, 0.717) is 35.6 Å². The summed E-state index contributed by atoms with van der Waals surface area (Å²) in [5.74, 6) is -1.26. The van der Waals surface area contributed by atoms with Crippen molar-refractivity contribution in [1.29, 1.82) is 0 Å². The summed E-state index contributed by atoms with van der Waals surface area (Å²) < 4.78 is 10.9. The van der Waals surface area contributed by atoms with Crippen LogP contribution in [0.3, 0.4) is 0 Å². The number of ether oxygens (including phenoxy) is 2. The number of esters is 1. The molecule has 3 amide bonds. The van der Waals surface area contributed by atoms with E-state index >= 15 is 0 Å². The lowest BCUT2D eigenvalue weighted by Gasteiger charge is -2.30. The first kappa shape index (κ1) is 34.4. The third-order valence-corrected chi connectivity index (χ3v) is 9.29. The lowest BCUT2D eigenvalue weighted by atomic mass is 10.0. The standard InChI is InChI=1S/C32H36N4O8S2/c1-6-24(45-22-10-8-9-20(17-22)33-27(37)19-11-13-21(14-12-19)36(41)42)28(38)34-29-26(30(39)43-7-2)23-15-16-35(18-25(23)46-29)31(40)44-32(3,4)5/h8-14,17,24H,6-7,15-16,18H2,1-5H3,(H,33,37)(H,34,38). The molecule has 0 fully saturated rings. The van der Waals surface area contributed by atoms with Crippen LogP contribution in [0.1, 0.15) is 72.2 Å². The molecular weight excluding hydrogens is 633 g/mol. The summed E-state index contributed by atoms with van der Waals surface area (Å²) in [5, 5.41) is 16.5. The number of thioether (sulfide) groups is 1.